The Morgan fingerprint density at radius 2 is 2.13 bits per heavy atom. The highest BCUT2D eigenvalue weighted by atomic mass is 16.5. The second-order valence-corrected chi connectivity index (χ2v) is 5.07. The van der Waals surface area contributed by atoms with Gasteiger partial charge in [-0.2, -0.15) is 0 Å². The van der Waals surface area contributed by atoms with Gasteiger partial charge in [0.15, 0.2) is 5.82 Å². The van der Waals surface area contributed by atoms with E-state index in [2.05, 4.69) is 9.97 Å². The molecule has 0 radical (unpaired) electrons. The summed E-state index contributed by atoms with van der Waals surface area (Å²) in [5.41, 5.74) is 0.870. The summed E-state index contributed by atoms with van der Waals surface area (Å²) >= 11 is 0. The lowest BCUT2D eigenvalue weighted by atomic mass is 10.2. The van der Waals surface area contributed by atoms with Crippen molar-refractivity contribution in [1.82, 2.24) is 9.97 Å². The van der Waals surface area contributed by atoms with Crippen molar-refractivity contribution >= 4 is 11.8 Å². The number of aromatic carboxylic acids is 1. The SMILES string of the molecule is COc1cccc(-c2ncc(C(=O)O)c(N3CCOCC3)n2)c1. The molecule has 0 spiro atoms. The topological polar surface area (TPSA) is 84.8 Å². The lowest BCUT2D eigenvalue weighted by molar-refractivity contribution is 0.0695. The zero-order chi connectivity index (χ0) is 16.2. The zero-order valence-corrected chi connectivity index (χ0v) is 12.7. The van der Waals surface area contributed by atoms with Crippen molar-refractivity contribution in [2.24, 2.45) is 0 Å². The van der Waals surface area contributed by atoms with E-state index in [1.54, 1.807) is 7.11 Å². The van der Waals surface area contributed by atoms with Crippen LogP contribution in [0.5, 0.6) is 5.75 Å². The van der Waals surface area contributed by atoms with Crippen LogP contribution in [0.1, 0.15) is 10.4 Å². The molecular formula is C16H17N3O4. The Morgan fingerprint density at radius 3 is 2.83 bits per heavy atom. The number of methoxy groups -OCH3 is 1. The number of hydrogen-bond donors (Lipinski definition) is 1. The van der Waals surface area contributed by atoms with Crippen LogP contribution in [0.15, 0.2) is 30.5 Å². The van der Waals surface area contributed by atoms with Crippen molar-refractivity contribution in [3.05, 3.63) is 36.0 Å². The normalized spacial score (nSPS) is 14.6. The predicted molar refractivity (Wildman–Crippen MR) is 84.0 cm³/mol. The molecule has 1 aromatic heterocycles. The highest BCUT2D eigenvalue weighted by molar-refractivity contribution is 5.93. The summed E-state index contributed by atoms with van der Waals surface area (Å²) < 4.78 is 10.5. The smallest absolute Gasteiger partial charge is 0.341 e. The van der Waals surface area contributed by atoms with Crippen molar-refractivity contribution in [3.63, 3.8) is 0 Å². The maximum Gasteiger partial charge on any atom is 0.341 e. The molecule has 3 rings (SSSR count). The molecule has 2 aromatic rings. The molecule has 1 fully saturated rings. The first-order chi connectivity index (χ1) is 11.2. The fourth-order valence-electron chi connectivity index (χ4n) is 2.44. The number of carbonyl (C=O) groups is 1. The number of morpholine rings is 1. The van der Waals surface area contributed by atoms with Gasteiger partial charge in [-0.25, -0.2) is 14.8 Å². The molecule has 0 atom stereocenters. The van der Waals surface area contributed by atoms with E-state index in [-0.39, 0.29) is 5.56 Å². The van der Waals surface area contributed by atoms with Crippen molar-refractivity contribution < 1.29 is 19.4 Å². The fraction of sp³-hybridized carbons (Fsp3) is 0.312. The molecule has 0 amide bonds. The average molecular weight is 315 g/mol. The molecule has 0 unspecified atom stereocenters. The highest BCUT2D eigenvalue weighted by Gasteiger charge is 2.21. The van der Waals surface area contributed by atoms with E-state index in [4.69, 9.17) is 9.47 Å². The molecule has 7 heteroatoms. The molecule has 2 heterocycles. The van der Waals surface area contributed by atoms with Crippen molar-refractivity contribution in [3.8, 4) is 17.1 Å². The Labute approximate surface area is 133 Å². The monoisotopic (exact) mass is 315 g/mol. The first kappa shape index (κ1) is 15.2. The van der Waals surface area contributed by atoms with Gasteiger partial charge < -0.3 is 19.5 Å². The second-order valence-electron chi connectivity index (χ2n) is 5.07. The van der Waals surface area contributed by atoms with Gasteiger partial charge in [0.1, 0.15) is 17.1 Å². The summed E-state index contributed by atoms with van der Waals surface area (Å²) in [6.07, 6.45) is 1.36. The summed E-state index contributed by atoms with van der Waals surface area (Å²) in [5, 5.41) is 9.38. The maximum atomic E-state index is 11.5. The van der Waals surface area contributed by atoms with Crippen molar-refractivity contribution in [2.75, 3.05) is 38.3 Å². The molecule has 1 saturated heterocycles. The molecular weight excluding hydrogens is 298 g/mol. The van der Waals surface area contributed by atoms with E-state index in [1.807, 2.05) is 29.2 Å². The molecule has 0 saturated carbocycles. The van der Waals surface area contributed by atoms with Gasteiger partial charge in [0.05, 0.1) is 20.3 Å². The summed E-state index contributed by atoms with van der Waals surface area (Å²) in [7, 11) is 1.59. The number of rotatable bonds is 4. The number of carboxylic acids is 1. The predicted octanol–water partition coefficient (Wildman–Crippen LogP) is 1.69. The Bertz CT molecular complexity index is 714. The van der Waals surface area contributed by atoms with E-state index in [9.17, 15) is 9.90 Å². The second kappa shape index (κ2) is 6.62. The van der Waals surface area contributed by atoms with E-state index in [0.29, 0.717) is 43.7 Å². The van der Waals surface area contributed by atoms with Crippen LogP contribution < -0.4 is 9.64 Å². The van der Waals surface area contributed by atoms with Crippen LogP contribution in [0.25, 0.3) is 11.4 Å². The van der Waals surface area contributed by atoms with Crippen LogP contribution in [0.3, 0.4) is 0 Å². The molecule has 1 aliphatic heterocycles. The van der Waals surface area contributed by atoms with Crippen LogP contribution in [-0.2, 0) is 4.74 Å². The van der Waals surface area contributed by atoms with Crippen molar-refractivity contribution in [1.29, 1.82) is 0 Å². The first-order valence-corrected chi connectivity index (χ1v) is 7.26. The largest absolute Gasteiger partial charge is 0.497 e. The standard InChI is InChI=1S/C16H17N3O4/c1-22-12-4-2-3-11(9-12)14-17-10-13(16(20)21)15(18-14)19-5-7-23-8-6-19/h2-4,9-10H,5-8H2,1H3,(H,20,21). The summed E-state index contributed by atoms with van der Waals surface area (Å²) in [4.78, 5) is 22.1. The lowest BCUT2D eigenvalue weighted by Gasteiger charge is -2.28. The van der Waals surface area contributed by atoms with Crippen LogP contribution in [0.4, 0.5) is 5.82 Å². The molecule has 1 aromatic carbocycles. The first-order valence-electron chi connectivity index (χ1n) is 7.26. The highest BCUT2D eigenvalue weighted by Crippen LogP contribution is 2.25. The van der Waals surface area contributed by atoms with Crippen LogP contribution in [0.2, 0.25) is 0 Å². The molecule has 0 aliphatic carbocycles. The lowest BCUT2D eigenvalue weighted by Crippen LogP contribution is -2.37. The zero-order valence-electron chi connectivity index (χ0n) is 12.7. The molecule has 23 heavy (non-hydrogen) atoms. The van der Waals surface area contributed by atoms with Gasteiger partial charge in [0.25, 0.3) is 0 Å². The summed E-state index contributed by atoms with van der Waals surface area (Å²) in [5.74, 6) is 0.550. The van der Waals surface area contributed by atoms with Gasteiger partial charge in [-0.3, -0.25) is 0 Å². The Hall–Kier alpha value is -2.67. The van der Waals surface area contributed by atoms with E-state index in [0.717, 1.165) is 5.56 Å². The average Bonchev–Trinajstić information content (AvgIpc) is 2.62. The molecule has 7 nitrogen and oxygen atoms in total. The van der Waals surface area contributed by atoms with Gasteiger partial charge in [0, 0.05) is 24.8 Å². The third-order valence-corrected chi connectivity index (χ3v) is 3.64. The van der Waals surface area contributed by atoms with Gasteiger partial charge in [0.2, 0.25) is 0 Å². The minimum absolute atomic E-state index is 0.0959. The number of aromatic nitrogens is 2. The van der Waals surface area contributed by atoms with E-state index in [1.165, 1.54) is 6.20 Å². The minimum Gasteiger partial charge on any atom is -0.497 e. The van der Waals surface area contributed by atoms with Crippen LogP contribution in [0, 0.1) is 0 Å². The number of hydrogen-bond acceptors (Lipinski definition) is 6. The third-order valence-electron chi connectivity index (χ3n) is 3.64. The van der Waals surface area contributed by atoms with Gasteiger partial charge in [-0.15, -0.1) is 0 Å². The third kappa shape index (κ3) is 3.24. The number of anilines is 1. The van der Waals surface area contributed by atoms with Crippen LogP contribution >= 0.6 is 0 Å². The van der Waals surface area contributed by atoms with Crippen molar-refractivity contribution in [2.45, 2.75) is 0 Å². The summed E-state index contributed by atoms with van der Waals surface area (Å²) in [6.45, 7) is 2.32. The quantitative estimate of drug-likeness (QED) is 0.919. The number of benzene rings is 1. The van der Waals surface area contributed by atoms with Gasteiger partial charge in [-0.1, -0.05) is 12.1 Å². The molecule has 0 bridgehead atoms. The Kier molecular flexibility index (Phi) is 4.38. The number of ether oxygens (including phenoxy) is 2. The fourth-order valence-corrected chi connectivity index (χ4v) is 2.44. The van der Waals surface area contributed by atoms with Crippen LogP contribution in [-0.4, -0.2) is 54.5 Å². The Balaban J connectivity index is 2.03. The molecule has 120 valence electrons. The summed E-state index contributed by atoms with van der Waals surface area (Å²) in [6, 6.07) is 7.36. The van der Waals surface area contributed by atoms with Gasteiger partial charge in [-0.05, 0) is 12.1 Å². The number of carboxylic acid groups (broad SMARTS) is 1. The van der Waals surface area contributed by atoms with E-state index >= 15 is 0 Å². The molecule has 1 N–H and O–H groups in total. The number of nitrogens with zero attached hydrogens (tertiary/aromatic N) is 3. The minimum atomic E-state index is -1.04. The Morgan fingerprint density at radius 1 is 1.35 bits per heavy atom. The molecule has 1 aliphatic rings. The van der Waals surface area contributed by atoms with E-state index < -0.39 is 5.97 Å². The van der Waals surface area contributed by atoms with Gasteiger partial charge >= 0.3 is 5.97 Å². The maximum absolute atomic E-state index is 11.5.